The van der Waals surface area contributed by atoms with Crippen molar-refractivity contribution in [1.82, 2.24) is 14.7 Å². The number of aryl methyl sites for hydroxylation is 1. The summed E-state index contributed by atoms with van der Waals surface area (Å²) in [5.41, 5.74) is 4.40. The molecule has 0 aromatic heterocycles. The van der Waals surface area contributed by atoms with Gasteiger partial charge in [0.25, 0.3) is 0 Å². The third-order valence-electron chi connectivity index (χ3n) is 7.32. The molecule has 4 rings (SSSR count). The molecule has 1 fully saturated rings. The summed E-state index contributed by atoms with van der Waals surface area (Å²) in [6.07, 6.45) is 2.02. The fourth-order valence-electron chi connectivity index (χ4n) is 4.86. The number of amides is 2. The second-order valence-electron chi connectivity index (χ2n) is 10.7. The van der Waals surface area contributed by atoms with E-state index in [-0.39, 0.29) is 36.6 Å². The van der Waals surface area contributed by atoms with Crippen LogP contribution in [0.4, 0.5) is 23.7 Å². The van der Waals surface area contributed by atoms with Crippen molar-refractivity contribution in [3.63, 3.8) is 0 Å². The summed E-state index contributed by atoms with van der Waals surface area (Å²) in [6.45, 7) is 6.21. The Morgan fingerprint density at radius 3 is 2.19 bits per heavy atom. The SMILES string of the molecule is Cc1ccc(NC(=O)N(C)CCN(C)C)cc1C1CCN(Cc2ccc(Oc3cc(F)c(F)cc3F)cc2)CC1.Cl.Cl. The van der Waals surface area contributed by atoms with Gasteiger partial charge in [-0.05, 0) is 93.8 Å². The molecular formula is C31H39Cl2F3N4O2. The predicted octanol–water partition coefficient (Wildman–Crippen LogP) is 7.45. The lowest BCUT2D eigenvalue weighted by molar-refractivity contribution is 0.204. The van der Waals surface area contributed by atoms with Crippen LogP contribution >= 0.6 is 24.8 Å². The number of carbonyl (C=O) groups is 1. The van der Waals surface area contributed by atoms with Gasteiger partial charge in [0.2, 0.25) is 0 Å². The quantitative estimate of drug-likeness (QED) is 0.251. The lowest BCUT2D eigenvalue weighted by Gasteiger charge is -2.33. The van der Waals surface area contributed by atoms with Crippen LogP contribution in [0, 0.1) is 24.4 Å². The van der Waals surface area contributed by atoms with E-state index in [1.54, 1.807) is 24.1 Å². The number of likely N-dealkylation sites (tertiary alicyclic amines) is 1. The van der Waals surface area contributed by atoms with Crippen molar-refractivity contribution in [2.75, 3.05) is 52.6 Å². The molecule has 42 heavy (non-hydrogen) atoms. The van der Waals surface area contributed by atoms with Crippen LogP contribution in [0.2, 0.25) is 0 Å². The molecule has 0 unspecified atom stereocenters. The molecular weight excluding hydrogens is 588 g/mol. The highest BCUT2D eigenvalue weighted by Gasteiger charge is 2.23. The topological polar surface area (TPSA) is 48.1 Å². The zero-order chi connectivity index (χ0) is 28.8. The Labute approximate surface area is 258 Å². The van der Waals surface area contributed by atoms with Gasteiger partial charge in [-0.3, -0.25) is 4.90 Å². The minimum atomic E-state index is -1.25. The number of likely N-dealkylation sites (N-methyl/N-ethyl adjacent to an activating group) is 2. The molecule has 0 radical (unpaired) electrons. The van der Waals surface area contributed by atoms with Gasteiger partial charge in [-0.1, -0.05) is 18.2 Å². The lowest BCUT2D eigenvalue weighted by atomic mass is 9.86. The van der Waals surface area contributed by atoms with Crippen molar-refractivity contribution < 1.29 is 22.7 Å². The first-order valence-corrected chi connectivity index (χ1v) is 13.5. The van der Waals surface area contributed by atoms with Crippen molar-refractivity contribution in [3.8, 4) is 11.5 Å². The van der Waals surface area contributed by atoms with Crippen LogP contribution in [0.1, 0.15) is 35.4 Å². The summed E-state index contributed by atoms with van der Waals surface area (Å²) in [7, 11) is 5.77. The van der Waals surface area contributed by atoms with Crippen LogP contribution in [0.5, 0.6) is 11.5 Å². The molecule has 1 saturated heterocycles. The lowest BCUT2D eigenvalue weighted by Crippen LogP contribution is -2.36. The van der Waals surface area contributed by atoms with E-state index in [0.29, 0.717) is 30.3 Å². The van der Waals surface area contributed by atoms with E-state index in [1.807, 2.05) is 37.2 Å². The number of ether oxygens (including phenoxy) is 1. The van der Waals surface area contributed by atoms with Gasteiger partial charge < -0.3 is 19.9 Å². The summed E-state index contributed by atoms with van der Waals surface area (Å²) < 4.78 is 45.9. The highest BCUT2D eigenvalue weighted by atomic mass is 35.5. The standard InChI is InChI=1S/C31H37F3N4O2.2ClH/c1-21-5-8-24(35-31(39)37(4)16-15-36(2)3)17-26(21)23-11-13-38(14-12-23)20-22-6-9-25(10-7-22)40-30-19-28(33)27(32)18-29(30)34;;/h5-10,17-19,23H,11-16,20H2,1-4H3,(H,35,39);2*1H. The third kappa shape index (κ3) is 9.52. The number of piperidine rings is 1. The molecule has 0 atom stereocenters. The van der Waals surface area contributed by atoms with Gasteiger partial charge in [-0.2, -0.15) is 0 Å². The van der Waals surface area contributed by atoms with E-state index in [9.17, 15) is 18.0 Å². The van der Waals surface area contributed by atoms with E-state index >= 15 is 0 Å². The average Bonchev–Trinajstić information content (AvgIpc) is 2.93. The Morgan fingerprint density at radius 2 is 1.55 bits per heavy atom. The summed E-state index contributed by atoms with van der Waals surface area (Å²) in [5, 5.41) is 3.03. The highest BCUT2D eigenvalue weighted by Crippen LogP contribution is 2.33. The van der Waals surface area contributed by atoms with Crippen molar-refractivity contribution >= 4 is 36.5 Å². The number of carbonyl (C=O) groups excluding carboxylic acids is 1. The molecule has 2 amide bonds. The first-order valence-electron chi connectivity index (χ1n) is 13.5. The van der Waals surface area contributed by atoms with Crippen molar-refractivity contribution in [2.45, 2.75) is 32.2 Å². The first kappa shape index (κ1) is 35.2. The van der Waals surface area contributed by atoms with E-state index in [0.717, 1.165) is 50.3 Å². The monoisotopic (exact) mass is 626 g/mol. The molecule has 1 N–H and O–H groups in total. The highest BCUT2D eigenvalue weighted by molar-refractivity contribution is 5.89. The van der Waals surface area contributed by atoms with Crippen LogP contribution < -0.4 is 10.1 Å². The van der Waals surface area contributed by atoms with Gasteiger partial charge in [0, 0.05) is 44.5 Å². The maximum atomic E-state index is 13.9. The fourth-order valence-corrected chi connectivity index (χ4v) is 4.86. The zero-order valence-electron chi connectivity index (χ0n) is 24.3. The molecule has 0 saturated carbocycles. The normalized spacial score (nSPS) is 13.7. The van der Waals surface area contributed by atoms with E-state index < -0.39 is 17.5 Å². The van der Waals surface area contributed by atoms with Crippen LogP contribution in [-0.2, 0) is 6.54 Å². The number of hydrogen-bond acceptors (Lipinski definition) is 4. The third-order valence-corrected chi connectivity index (χ3v) is 7.32. The number of urea groups is 1. The molecule has 3 aromatic carbocycles. The van der Waals surface area contributed by atoms with Crippen LogP contribution in [-0.4, -0.2) is 68.1 Å². The van der Waals surface area contributed by atoms with Crippen molar-refractivity contribution in [1.29, 1.82) is 0 Å². The minimum absolute atomic E-state index is 0. The number of nitrogens with one attached hydrogen (secondary N) is 1. The smallest absolute Gasteiger partial charge is 0.321 e. The number of rotatable bonds is 9. The molecule has 0 bridgehead atoms. The summed E-state index contributed by atoms with van der Waals surface area (Å²) >= 11 is 0. The van der Waals surface area contributed by atoms with E-state index in [2.05, 4.69) is 29.3 Å². The predicted molar refractivity (Wildman–Crippen MR) is 166 cm³/mol. The summed E-state index contributed by atoms with van der Waals surface area (Å²) in [5.74, 6) is -2.96. The number of nitrogens with zero attached hydrogens (tertiary/aromatic N) is 3. The maximum Gasteiger partial charge on any atom is 0.321 e. The van der Waals surface area contributed by atoms with Gasteiger partial charge >= 0.3 is 6.03 Å². The molecule has 230 valence electrons. The molecule has 1 aliphatic heterocycles. The number of halogens is 5. The van der Waals surface area contributed by atoms with E-state index in [1.165, 1.54) is 11.1 Å². The van der Waals surface area contributed by atoms with Gasteiger partial charge in [0.1, 0.15) is 5.75 Å². The molecule has 1 aliphatic rings. The molecule has 6 nitrogen and oxygen atoms in total. The van der Waals surface area contributed by atoms with Gasteiger partial charge in [0.15, 0.2) is 23.2 Å². The molecule has 3 aromatic rings. The largest absolute Gasteiger partial charge is 0.454 e. The number of hydrogen-bond donors (Lipinski definition) is 1. The second-order valence-corrected chi connectivity index (χ2v) is 10.7. The molecule has 0 aliphatic carbocycles. The van der Waals surface area contributed by atoms with Gasteiger partial charge in [-0.15, -0.1) is 24.8 Å². The molecule has 0 spiro atoms. The van der Waals surface area contributed by atoms with Gasteiger partial charge in [0.05, 0.1) is 0 Å². The maximum absolute atomic E-state index is 13.9. The Balaban J connectivity index is 0.00000308. The van der Waals surface area contributed by atoms with Crippen LogP contribution in [0.3, 0.4) is 0 Å². The zero-order valence-corrected chi connectivity index (χ0v) is 26.0. The van der Waals surface area contributed by atoms with Crippen molar-refractivity contribution in [2.24, 2.45) is 0 Å². The summed E-state index contributed by atoms with van der Waals surface area (Å²) in [4.78, 5) is 18.7. The Kier molecular flexibility index (Phi) is 13.4. The Bertz CT molecular complexity index is 1320. The second kappa shape index (κ2) is 16.0. The van der Waals surface area contributed by atoms with Crippen LogP contribution in [0.15, 0.2) is 54.6 Å². The van der Waals surface area contributed by atoms with Gasteiger partial charge in [-0.25, -0.2) is 18.0 Å². The first-order chi connectivity index (χ1) is 19.1. The van der Waals surface area contributed by atoms with E-state index in [4.69, 9.17) is 4.74 Å². The fraction of sp³-hybridized carbons (Fsp3) is 0.387. The average molecular weight is 628 g/mol. The summed E-state index contributed by atoms with van der Waals surface area (Å²) in [6, 6.07) is 14.4. The Morgan fingerprint density at radius 1 is 0.905 bits per heavy atom. The molecule has 11 heteroatoms. The number of anilines is 1. The Hall–Kier alpha value is -2.98. The van der Waals surface area contributed by atoms with Crippen LogP contribution in [0.25, 0.3) is 0 Å². The minimum Gasteiger partial charge on any atom is -0.454 e. The van der Waals surface area contributed by atoms with Crippen molar-refractivity contribution in [3.05, 3.63) is 88.7 Å². The molecule has 1 heterocycles. The number of benzene rings is 3.